The average Bonchev–Trinajstić information content (AvgIpc) is 2.34. The lowest BCUT2D eigenvalue weighted by Gasteiger charge is -2.08. The highest BCUT2D eigenvalue weighted by atomic mass is 35.5. The number of nitro benzene ring substituents is 1. The Morgan fingerprint density at radius 3 is 2.11 bits per heavy atom. The Morgan fingerprint density at radius 2 is 1.53 bits per heavy atom. The highest BCUT2D eigenvalue weighted by Gasteiger charge is 2.17. The number of hydrogen-bond donors (Lipinski definition) is 0. The Balaban J connectivity index is 2.40. The van der Waals surface area contributed by atoms with Gasteiger partial charge in [0, 0.05) is 16.1 Å². The second-order valence-corrected chi connectivity index (χ2v) is 4.83. The lowest BCUT2D eigenvalue weighted by molar-refractivity contribution is -0.385. The molecule has 0 saturated heterocycles. The molecule has 2 rings (SSSR count). The third kappa shape index (κ3) is 3.29. The van der Waals surface area contributed by atoms with Crippen LogP contribution >= 0.6 is 34.8 Å². The van der Waals surface area contributed by atoms with Crippen molar-refractivity contribution in [2.45, 2.75) is 0 Å². The first-order chi connectivity index (χ1) is 8.97. The summed E-state index contributed by atoms with van der Waals surface area (Å²) < 4.78 is 5.42. The first-order valence-electron chi connectivity index (χ1n) is 5.04. The smallest absolute Gasteiger partial charge is 0.313 e. The number of rotatable bonds is 3. The van der Waals surface area contributed by atoms with E-state index in [1.54, 1.807) is 6.07 Å². The highest BCUT2D eigenvalue weighted by Crippen LogP contribution is 2.37. The molecule has 0 atom stereocenters. The molecule has 0 heterocycles. The summed E-state index contributed by atoms with van der Waals surface area (Å²) in [7, 11) is 0. The van der Waals surface area contributed by atoms with E-state index < -0.39 is 4.92 Å². The molecule has 0 aliphatic carbocycles. The van der Waals surface area contributed by atoms with Crippen LogP contribution in [-0.4, -0.2) is 4.92 Å². The van der Waals surface area contributed by atoms with E-state index in [4.69, 9.17) is 39.5 Å². The predicted molar refractivity (Wildman–Crippen MR) is 74.6 cm³/mol. The van der Waals surface area contributed by atoms with Crippen LogP contribution in [0.2, 0.25) is 15.1 Å². The molecule has 7 heteroatoms. The van der Waals surface area contributed by atoms with E-state index in [1.165, 1.54) is 30.3 Å². The summed E-state index contributed by atoms with van der Waals surface area (Å²) in [5, 5.41) is 11.9. The lowest BCUT2D eigenvalue weighted by Crippen LogP contribution is -1.93. The van der Waals surface area contributed by atoms with E-state index in [2.05, 4.69) is 0 Å². The van der Waals surface area contributed by atoms with Gasteiger partial charge in [0.05, 0.1) is 9.95 Å². The van der Waals surface area contributed by atoms with Crippen molar-refractivity contribution in [1.82, 2.24) is 0 Å². The minimum absolute atomic E-state index is 0.0543. The Morgan fingerprint density at radius 1 is 0.947 bits per heavy atom. The first kappa shape index (κ1) is 13.9. The van der Waals surface area contributed by atoms with E-state index in [0.29, 0.717) is 5.02 Å². The van der Waals surface area contributed by atoms with Crippen molar-refractivity contribution in [1.29, 1.82) is 0 Å². The van der Waals surface area contributed by atoms with Gasteiger partial charge >= 0.3 is 5.69 Å². The predicted octanol–water partition coefficient (Wildman–Crippen LogP) is 5.35. The maximum absolute atomic E-state index is 10.9. The number of halogens is 3. The standard InChI is InChI=1S/C12H6Cl3NO3/c13-7-1-3-11(9(15)5-7)19-12-4-2-8(14)6-10(12)16(17)18/h1-6H. The maximum Gasteiger partial charge on any atom is 0.313 e. The first-order valence-corrected chi connectivity index (χ1v) is 6.17. The minimum Gasteiger partial charge on any atom is -0.449 e. The van der Waals surface area contributed by atoms with Gasteiger partial charge in [-0.25, -0.2) is 0 Å². The van der Waals surface area contributed by atoms with Gasteiger partial charge in [-0.15, -0.1) is 0 Å². The molecule has 0 saturated carbocycles. The average molecular weight is 319 g/mol. The Labute approximate surface area is 123 Å². The summed E-state index contributed by atoms with van der Waals surface area (Å²) in [6.45, 7) is 0. The molecule has 0 fully saturated rings. The van der Waals surface area contributed by atoms with Crippen molar-refractivity contribution in [3.63, 3.8) is 0 Å². The van der Waals surface area contributed by atoms with Gasteiger partial charge in [-0.1, -0.05) is 34.8 Å². The van der Waals surface area contributed by atoms with Crippen molar-refractivity contribution in [2.24, 2.45) is 0 Å². The Kier molecular flexibility index (Phi) is 4.14. The quantitative estimate of drug-likeness (QED) is 0.566. The maximum atomic E-state index is 10.9. The topological polar surface area (TPSA) is 52.4 Å². The summed E-state index contributed by atoms with van der Waals surface area (Å²) in [5.74, 6) is 0.329. The molecule has 0 amide bonds. The van der Waals surface area contributed by atoms with Crippen LogP contribution in [0.1, 0.15) is 0 Å². The highest BCUT2D eigenvalue weighted by molar-refractivity contribution is 6.35. The SMILES string of the molecule is O=[N+]([O-])c1cc(Cl)ccc1Oc1ccc(Cl)cc1Cl. The summed E-state index contributed by atoms with van der Waals surface area (Å²) in [6.07, 6.45) is 0. The molecule has 0 N–H and O–H groups in total. The minimum atomic E-state index is -0.578. The Hall–Kier alpha value is -1.49. The summed E-state index contributed by atoms with van der Waals surface area (Å²) in [6, 6.07) is 8.70. The van der Waals surface area contributed by atoms with Gasteiger partial charge in [0.2, 0.25) is 5.75 Å². The third-order valence-corrected chi connectivity index (χ3v) is 3.00. The van der Waals surface area contributed by atoms with Crippen LogP contribution in [0, 0.1) is 10.1 Å². The van der Waals surface area contributed by atoms with E-state index in [1.807, 2.05) is 0 Å². The molecule has 98 valence electrons. The molecule has 2 aromatic carbocycles. The number of nitrogens with zero attached hydrogens (tertiary/aromatic N) is 1. The van der Waals surface area contributed by atoms with E-state index in [0.717, 1.165) is 0 Å². The normalized spacial score (nSPS) is 10.3. The second kappa shape index (κ2) is 5.65. The van der Waals surface area contributed by atoms with Crippen molar-refractivity contribution >= 4 is 40.5 Å². The van der Waals surface area contributed by atoms with Crippen molar-refractivity contribution < 1.29 is 9.66 Å². The number of hydrogen-bond acceptors (Lipinski definition) is 3. The van der Waals surface area contributed by atoms with Crippen LogP contribution in [-0.2, 0) is 0 Å². The van der Waals surface area contributed by atoms with E-state index in [9.17, 15) is 10.1 Å². The molecule has 0 bridgehead atoms. The van der Waals surface area contributed by atoms with Gasteiger partial charge in [0.25, 0.3) is 0 Å². The van der Waals surface area contributed by atoms with Crippen LogP contribution in [0.5, 0.6) is 11.5 Å². The van der Waals surface area contributed by atoms with Crippen LogP contribution in [0.3, 0.4) is 0 Å². The summed E-state index contributed by atoms with van der Waals surface area (Å²) in [4.78, 5) is 10.3. The molecule has 0 aromatic heterocycles. The zero-order valence-electron chi connectivity index (χ0n) is 9.27. The molecule has 0 aliphatic heterocycles. The zero-order chi connectivity index (χ0) is 14.0. The van der Waals surface area contributed by atoms with Gasteiger partial charge in [-0.05, 0) is 30.3 Å². The second-order valence-electron chi connectivity index (χ2n) is 3.55. The molecular weight excluding hydrogens is 312 g/mol. The fourth-order valence-corrected chi connectivity index (χ4v) is 2.01. The van der Waals surface area contributed by atoms with Gasteiger partial charge < -0.3 is 4.74 Å². The van der Waals surface area contributed by atoms with Crippen molar-refractivity contribution in [3.05, 3.63) is 61.6 Å². The third-order valence-electron chi connectivity index (χ3n) is 2.23. The molecule has 0 aliphatic rings. The van der Waals surface area contributed by atoms with Crippen molar-refractivity contribution in [3.8, 4) is 11.5 Å². The van der Waals surface area contributed by atoms with Crippen LogP contribution in [0.25, 0.3) is 0 Å². The lowest BCUT2D eigenvalue weighted by atomic mass is 10.3. The van der Waals surface area contributed by atoms with Gasteiger partial charge in [-0.2, -0.15) is 0 Å². The molecule has 4 nitrogen and oxygen atoms in total. The van der Waals surface area contributed by atoms with E-state index >= 15 is 0 Å². The monoisotopic (exact) mass is 317 g/mol. The van der Waals surface area contributed by atoms with Gasteiger partial charge in [0.1, 0.15) is 5.75 Å². The molecule has 0 radical (unpaired) electrons. The number of nitro groups is 1. The zero-order valence-corrected chi connectivity index (χ0v) is 11.5. The van der Waals surface area contributed by atoms with E-state index in [-0.39, 0.29) is 27.2 Å². The fraction of sp³-hybridized carbons (Fsp3) is 0. The molecular formula is C12H6Cl3NO3. The molecule has 0 unspecified atom stereocenters. The van der Waals surface area contributed by atoms with Crippen LogP contribution in [0.4, 0.5) is 5.69 Å². The molecule has 0 spiro atoms. The van der Waals surface area contributed by atoms with Gasteiger partial charge in [-0.3, -0.25) is 10.1 Å². The molecule has 19 heavy (non-hydrogen) atoms. The summed E-state index contributed by atoms with van der Waals surface area (Å²) in [5.41, 5.74) is -0.237. The van der Waals surface area contributed by atoms with Crippen LogP contribution in [0.15, 0.2) is 36.4 Å². The molecule has 2 aromatic rings. The largest absolute Gasteiger partial charge is 0.449 e. The fourth-order valence-electron chi connectivity index (χ4n) is 1.40. The van der Waals surface area contributed by atoms with Gasteiger partial charge in [0.15, 0.2) is 0 Å². The van der Waals surface area contributed by atoms with Crippen molar-refractivity contribution in [2.75, 3.05) is 0 Å². The summed E-state index contributed by atoms with van der Waals surface area (Å²) >= 11 is 17.4. The number of benzene rings is 2. The van der Waals surface area contributed by atoms with Crippen LogP contribution < -0.4 is 4.74 Å². The Bertz CT molecular complexity index is 646. The number of ether oxygens (including phenoxy) is 1.